The first-order valence-electron chi connectivity index (χ1n) is 6.84. The van der Waals surface area contributed by atoms with Gasteiger partial charge in [-0.25, -0.2) is 12.7 Å². The summed E-state index contributed by atoms with van der Waals surface area (Å²) in [5, 5.41) is 0. The number of nitrogens with zero attached hydrogens (tertiary/aromatic N) is 2. The fourth-order valence-corrected chi connectivity index (χ4v) is 3.11. The Bertz CT molecular complexity index is 515. The van der Waals surface area contributed by atoms with Crippen molar-refractivity contribution in [3.8, 4) is 0 Å². The van der Waals surface area contributed by atoms with Gasteiger partial charge >= 0.3 is 0 Å². The summed E-state index contributed by atoms with van der Waals surface area (Å²) in [7, 11) is 1.60. The van der Waals surface area contributed by atoms with E-state index in [1.165, 1.54) is 4.31 Å². The molecule has 0 fully saturated rings. The highest BCUT2D eigenvalue weighted by molar-refractivity contribution is 7.89. The minimum atomic E-state index is -3.42. The molecule has 6 heteroatoms. The van der Waals surface area contributed by atoms with Crippen molar-refractivity contribution in [3.63, 3.8) is 0 Å². The van der Waals surface area contributed by atoms with Crippen LogP contribution in [0.3, 0.4) is 0 Å². The largest absolute Gasteiger partial charge is 0.374 e. The molecular weight excluding hydrogens is 274 g/mol. The van der Waals surface area contributed by atoms with Crippen molar-refractivity contribution < 1.29 is 8.42 Å². The van der Waals surface area contributed by atoms with Gasteiger partial charge in [-0.15, -0.1) is 0 Å². The van der Waals surface area contributed by atoms with E-state index in [2.05, 4.69) is 0 Å². The molecule has 1 aromatic rings. The van der Waals surface area contributed by atoms with E-state index in [-0.39, 0.29) is 0 Å². The highest BCUT2D eigenvalue weighted by Crippen LogP contribution is 2.26. The summed E-state index contributed by atoms with van der Waals surface area (Å²) in [4.78, 5) is 2.35. The average molecular weight is 299 g/mol. The normalized spacial score (nSPS) is 11.8. The topological polar surface area (TPSA) is 66.6 Å². The van der Waals surface area contributed by atoms with Gasteiger partial charge in [0.05, 0.1) is 5.69 Å². The van der Waals surface area contributed by atoms with Gasteiger partial charge in [-0.3, -0.25) is 0 Å². The Hall–Kier alpha value is -1.11. The fourth-order valence-electron chi connectivity index (χ4n) is 1.98. The van der Waals surface area contributed by atoms with Crippen LogP contribution in [0.2, 0.25) is 0 Å². The lowest BCUT2D eigenvalue weighted by atomic mass is 10.2. The molecule has 20 heavy (non-hydrogen) atoms. The zero-order chi connectivity index (χ0) is 15.2. The lowest BCUT2D eigenvalue weighted by Gasteiger charge is -2.23. The molecule has 0 spiro atoms. The third-order valence-corrected chi connectivity index (χ3v) is 5.10. The predicted molar refractivity (Wildman–Crippen MR) is 83.5 cm³/mol. The van der Waals surface area contributed by atoms with Gasteiger partial charge in [0.15, 0.2) is 0 Å². The van der Waals surface area contributed by atoms with E-state index < -0.39 is 10.0 Å². The van der Waals surface area contributed by atoms with E-state index in [1.54, 1.807) is 26.2 Å². The molecule has 0 unspecified atom stereocenters. The Labute approximate surface area is 122 Å². The van der Waals surface area contributed by atoms with Crippen molar-refractivity contribution in [1.29, 1.82) is 0 Å². The van der Waals surface area contributed by atoms with Gasteiger partial charge in [-0.05, 0) is 31.5 Å². The summed E-state index contributed by atoms with van der Waals surface area (Å²) in [6.07, 6.45) is 3.07. The maximum atomic E-state index is 12.3. The van der Waals surface area contributed by atoms with Gasteiger partial charge in [-0.1, -0.05) is 18.6 Å². The molecule has 5 nitrogen and oxygen atoms in total. The molecule has 0 atom stereocenters. The lowest BCUT2D eigenvalue weighted by Crippen LogP contribution is -2.26. The number of nitrogens with two attached hydrogens (primary N) is 1. The molecule has 0 saturated carbocycles. The van der Waals surface area contributed by atoms with Crippen molar-refractivity contribution in [2.45, 2.75) is 24.2 Å². The standard InChI is InChI=1S/C14H25N3O2S/c1-16(2)20(18,19)14-10-6-5-9-13(14)17(3)12-8-4-7-11-15/h5-6,9-10H,4,7-8,11-12,15H2,1-3H3. The van der Waals surface area contributed by atoms with Crippen molar-refractivity contribution in [3.05, 3.63) is 24.3 Å². The van der Waals surface area contributed by atoms with Crippen molar-refractivity contribution in [2.75, 3.05) is 39.1 Å². The monoisotopic (exact) mass is 299 g/mol. The van der Waals surface area contributed by atoms with Crippen LogP contribution < -0.4 is 10.6 Å². The van der Waals surface area contributed by atoms with E-state index in [0.29, 0.717) is 11.4 Å². The molecule has 0 saturated heterocycles. The molecule has 0 bridgehead atoms. The lowest BCUT2D eigenvalue weighted by molar-refractivity contribution is 0.520. The molecule has 1 rings (SSSR count). The maximum absolute atomic E-state index is 12.3. The highest BCUT2D eigenvalue weighted by atomic mass is 32.2. The predicted octanol–water partition coefficient (Wildman–Crippen LogP) is 1.50. The molecule has 0 heterocycles. The van der Waals surface area contributed by atoms with E-state index in [1.807, 2.05) is 24.1 Å². The fraction of sp³-hybridized carbons (Fsp3) is 0.571. The number of unbranched alkanes of at least 4 members (excludes halogenated alkanes) is 2. The van der Waals surface area contributed by atoms with Gasteiger partial charge in [0.1, 0.15) is 4.90 Å². The van der Waals surface area contributed by atoms with Crippen LogP contribution in [-0.2, 0) is 10.0 Å². The number of rotatable bonds is 8. The number of anilines is 1. The zero-order valence-corrected chi connectivity index (χ0v) is 13.4. The third kappa shape index (κ3) is 4.19. The van der Waals surface area contributed by atoms with Gasteiger partial charge in [0.2, 0.25) is 10.0 Å². The summed E-state index contributed by atoms with van der Waals surface area (Å²) >= 11 is 0. The second kappa shape index (κ2) is 7.61. The first kappa shape index (κ1) is 16.9. The van der Waals surface area contributed by atoms with Crippen LogP contribution in [0.15, 0.2) is 29.2 Å². The van der Waals surface area contributed by atoms with Crippen molar-refractivity contribution in [2.24, 2.45) is 5.73 Å². The Balaban J connectivity index is 2.91. The van der Waals surface area contributed by atoms with Crippen LogP contribution in [-0.4, -0.2) is 47.0 Å². The molecular formula is C14H25N3O2S. The minimum absolute atomic E-state index is 0.353. The van der Waals surface area contributed by atoms with Crippen LogP contribution in [0.5, 0.6) is 0 Å². The van der Waals surface area contributed by atoms with E-state index in [4.69, 9.17) is 5.73 Å². The zero-order valence-electron chi connectivity index (χ0n) is 12.5. The van der Waals surface area contributed by atoms with Crippen LogP contribution in [0, 0.1) is 0 Å². The molecule has 0 aromatic heterocycles. The Morgan fingerprint density at radius 1 is 1.05 bits per heavy atom. The smallest absolute Gasteiger partial charge is 0.244 e. The molecule has 0 amide bonds. The SMILES string of the molecule is CN(CCCCCN)c1ccccc1S(=O)(=O)N(C)C. The Morgan fingerprint density at radius 2 is 1.70 bits per heavy atom. The second-order valence-corrected chi connectivity index (χ2v) is 7.15. The maximum Gasteiger partial charge on any atom is 0.244 e. The first-order chi connectivity index (χ1) is 9.41. The van der Waals surface area contributed by atoms with Gasteiger partial charge < -0.3 is 10.6 Å². The van der Waals surface area contributed by atoms with E-state index in [9.17, 15) is 8.42 Å². The summed E-state index contributed by atoms with van der Waals surface area (Å²) in [6, 6.07) is 7.11. The molecule has 0 aliphatic carbocycles. The van der Waals surface area contributed by atoms with Crippen LogP contribution >= 0.6 is 0 Å². The van der Waals surface area contributed by atoms with Gasteiger partial charge in [0.25, 0.3) is 0 Å². The highest BCUT2D eigenvalue weighted by Gasteiger charge is 2.22. The Kier molecular flexibility index (Phi) is 6.45. The number of benzene rings is 1. The van der Waals surface area contributed by atoms with Crippen LogP contribution in [0.1, 0.15) is 19.3 Å². The number of hydrogen-bond acceptors (Lipinski definition) is 4. The van der Waals surface area contributed by atoms with Gasteiger partial charge in [-0.2, -0.15) is 0 Å². The summed E-state index contributed by atoms with van der Waals surface area (Å²) in [5.74, 6) is 0. The number of hydrogen-bond donors (Lipinski definition) is 1. The first-order valence-corrected chi connectivity index (χ1v) is 8.28. The molecule has 114 valence electrons. The van der Waals surface area contributed by atoms with Crippen LogP contribution in [0.4, 0.5) is 5.69 Å². The Morgan fingerprint density at radius 3 is 2.30 bits per heavy atom. The average Bonchev–Trinajstić information content (AvgIpc) is 2.43. The van der Waals surface area contributed by atoms with E-state index >= 15 is 0 Å². The van der Waals surface area contributed by atoms with E-state index in [0.717, 1.165) is 31.5 Å². The minimum Gasteiger partial charge on any atom is -0.374 e. The molecule has 0 aliphatic rings. The summed E-state index contributed by atoms with van der Waals surface area (Å²) < 4.78 is 25.9. The van der Waals surface area contributed by atoms with Gasteiger partial charge in [0, 0.05) is 27.7 Å². The molecule has 0 radical (unpaired) electrons. The molecule has 1 aromatic carbocycles. The molecule has 0 aliphatic heterocycles. The van der Waals surface area contributed by atoms with Crippen LogP contribution in [0.25, 0.3) is 0 Å². The summed E-state index contributed by atoms with van der Waals surface area (Å²) in [6.45, 7) is 1.52. The summed E-state index contributed by atoms with van der Waals surface area (Å²) in [5.41, 5.74) is 6.22. The van der Waals surface area contributed by atoms with Crippen molar-refractivity contribution in [1.82, 2.24) is 4.31 Å². The number of para-hydroxylation sites is 1. The molecule has 2 N–H and O–H groups in total. The third-order valence-electron chi connectivity index (χ3n) is 3.23. The number of sulfonamides is 1. The quantitative estimate of drug-likeness (QED) is 0.739. The van der Waals surface area contributed by atoms with Crippen molar-refractivity contribution >= 4 is 15.7 Å². The second-order valence-electron chi connectivity index (χ2n) is 5.03.